The van der Waals surface area contributed by atoms with Gasteiger partial charge in [0.1, 0.15) is 24.4 Å². The standard InChI is InChI=1S/C23H21Cl2FN4O3/c24-15-1-2-16(21(26)20(15)25)30-23-14-4-18(33-22-11-3-12(22)7-27-6-11)19(32-13-8-31-9-13)5-17(14)28-10-29-23/h1-2,4-5,10-13,22,27H,3,6-9H2,(H,28,29,30)/t11-,12+,22+. The third kappa shape index (κ3) is 3.85. The van der Waals surface area contributed by atoms with Gasteiger partial charge in [0.2, 0.25) is 0 Å². The van der Waals surface area contributed by atoms with Gasteiger partial charge in [0.25, 0.3) is 0 Å². The summed E-state index contributed by atoms with van der Waals surface area (Å²) in [6.07, 6.45) is 2.71. The van der Waals surface area contributed by atoms with E-state index >= 15 is 0 Å². The van der Waals surface area contributed by atoms with E-state index in [-0.39, 0.29) is 27.9 Å². The van der Waals surface area contributed by atoms with E-state index in [0.717, 1.165) is 13.1 Å². The average Bonchev–Trinajstić information content (AvgIpc) is 2.80. The van der Waals surface area contributed by atoms with Crippen molar-refractivity contribution >= 4 is 45.6 Å². The Morgan fingerprint density at radius 3 is 2.58 bits per heavy atom. The van der Waals surface area contributed by atoms with Crippen molar-refractivity contribution in [3.63, 3.8) is 0 Å². The number of nitrogens with one attached hydrogen (secondary N) is 2. The molecule has 2 saturated heterocycles. The van der Waals surface area contributed by atoms with Crippen LogP contribution in [0.5, 0.6) is 11.5 Å². The molecule has 0 unspecified atom stereocenters. The van der Waals surface area contributed by atoms with Gasteiger partial charge in [-0.15, -0.1) is 0 Å². The fourth-order valence-corrected chi connectivity index (χ4v) is 4.91. The lowest BCUT2D eigenvalue weighted by molar-refractivity contribution is -0.0837. The molecule has 3 atom stereocenters. The Bertz CT molecular complexity index is 1210. The van der Waals surface area contributed by atoms with E-state index < -0.39 is 5.82 Å². The van der Waals surface area contributed by atoms with Crippen LogP contribution >= 0.6 is 23.2 Å². The number of fused-ring (bicyclic) bond motifs is 3. The molecule has 33 heavy (non-hydrogen) atoms. The van der Waals surface area contributed by atoms with E-state index in [9.17, 15) is 4.39 Å². The molecule has 1 aromatic heterocycles. The largest absolute Gasteiger partial charge is 0.486 e. The molecule has 0 radical (unpaired) electrons. The van der Waals surface area contributed by atoms with Gasteiger partial charge in [-0.2, -0.15) is 0 Å². The highest BCUT2D eigenvalue weighted by Gasteiger charge is 2.46. The Kier molecular flexibility index (Phi) is 5.41. The zero-order chi connectivity index (χ0) is 22.5. The van der Waals surface area contributed by atoms with Gasteiger partial charge in [-0.1, -0.05) is 23.2 Å². The number of anilines is 2. The molecular formula is C23H21Cl2FN4O3. The van der Waals surface area contributed by atoms with E-state index in [4.69, 9.17) is 37.4 Å². The summed E-state index contributed by atoms with van der Waals surface area (Å²) in [5, 5.41) is 7.13. The molecule has 10 heteroatoms. The maximum atomic E-state index is 14.7. The summed E-state index contributed by atoms with van der Waals surface area (Å²) in [4.78, 5) is 8.73. The van der Waals surface area contributed by atoms with Gasteiger partial charge in [0, 0.05) is 36.4 Å². The van der Waals surface area contributed by atoms with Gasteiger partial charge >= 0.3 is 0 Å². The second kappa shape index (κ2) is 8.43. The maximum Gasteiger partial charge on any atom is 0.166 e. The second-order valence-electron chi connectivity index (χ2n) is 8.66. The van der Waals surface area contributed by atoms with Gasteiger partial charge in [-0.3, -0.25) is 0 Å². The van der Waals surface area contributed by atoms with Crippen LogP contribution in [0.3, 0.4) is 0 Å². The highest BCUT2D eigenvalue weighted by molar-refractivity contribution is 6.42. The first-order chi connectivity index (χ1) is 16.1. The Balaban J connectivity index is 1.38. The number of hydrogen-bond acceptors (Lipinski definition) is 7. The van der Waals surface area contributed by atoms with Crippen LogP contribution in [0.2, 0.25) is 10.0 Å². The molecule has 6 rings (SSSR count). The average molecular weight is 491 g/mol. The molecule has 172 valence electrons. The third-order valence-corrected chi connectivity index (χ3v) is 7.28. The summed E-state index contributed by atoms with van der Waals surface area (Å²) < 4.78 is 32.5. The van der Waals surface area contributed by atoms with Crippen molar-refractivity contribution in [2.24, 2.45) is 11.8 Å². The summed E-state index contributed by atoms with van der Waals surface area (Å²) in [6.45, 7) is 2.99. The number of halogens is 3. The van der Waals surface area contributed by atoms with Gasteiger partial charge in [-0.25, -0.2) is 14.4 Å². The molecule has 0 amide bonds. The molecule has 3 heterocycles. The number of hydrogen-bond donors (Lipinski definition) is 2. The van der Waals surface area contributed by atoms with Crippen molar-refractivity contribution in [2.75, 3.05) is 31.6 Å². The zero-order valence-electron chi connectivity index (χ0n) is 17.5. The summed E-state index contributed by atoms with van der Waals surface area (Å²) in [5.41, 5.74) is 0.810. The van der Waals surface area contributed by atoms with E-state index in [2.05, 4.69) is 20.6 Å². The lowest BCUT2D eigenvalue weighted by Crippen LogP contribution is -2.59. The minimum absolute atomic E-state index is 0.0166. The SMILES string of the molecule is Fc1c(Nc2ncnc3cc(OC4COC4)c(O[C@@H]4[C@@H]5CNC[C@H]4C5)cc23)ccc(Cl)c1Cl. The first kappa shape index (κ1) is 21.2. The molecule has 0 spiro atoms. The van der Waals surface area contributed by atoms with Crippen LogP contribution in [0.15, 0.2) is 30.6 Å². The minimum atomic E-state index is -0.646. The fraction of sp³-hybridized carbons (Fsp3) is 0.391. The van der Waals surface area contributed by atoms with Gasteiger partial charge < -0.3 is 24.8 Å². The summed E-state index contributed by atoms with van der Waals surface area (Å²) in [6, 6.07) is 6.76. The van der Waals surface area contributed by atoms with Crippen LogP contribution in [-0.4, -0.2) is 48.5 Å². The van der Waals surface area contributed by atoms with E-state index in [0.29, 0.717) is 53.3 Å². The van der Waals surface area contributed by atoms with Gasteiger partial charge in [0.15, 0.2) is 17.3 Å². The molecule has 7 nitrogen and oxygen atoms in total. The summed E-state index contributed by atoms with van der Waals surface area (Å²) >= 11 is 11.9. The molecule has 2 N–H and O–H groups in total. The predicted molar refractivity (Wildman–Crippen MR) is 123 cm³/mol. The second-order valence-corrected chi connectivity index (χ2v) is 9.45. The lowest BCUT2D eigenvalue weighted by Gasteiger charge is -2.49. The van der Waals surface area contributed by atoms with Crippen LogP contribution in [0, 0.1) is 17.7 Å². The topological polar surface area (TPSA) is 77.5 Å². The molecule has 1 saturated carbocycles. The Morgan fingerprint density at radius 2 is 1.85 bits per heavy atom. The quantitative estimate of drug-likeness (QED) is 0.489. The van der Waals surface area contributed by atoms with E-state index in [1.807, 2.05) is 12.1 Å². The van der Waals surface area contributed by atoms with Crippen molar-refractivity contribution < 1.29 is 18.6 Å². The highest BCUT2D eigenvalue weighted by atomic mass is 35.5. The van der Waals surface area contributed by atoms with Crippen molar-refractivity contribution in [2.45, 2.75) is 18.6 Å². The summed E-state index contributed by atoms with van der Waals surface area (Å²) in [5.74, 6) is 1.99. The van der Waals surface area contributed by atoms with Crippen molar-refractivity contribution in [3.05, 3.63) is 46.5 Å². The van der Waals surface area contributed by atoms with Crippen molar-refractivity contribution in [3.8, 4) is 11.5 Å². The molecule has 2 aliphatic heterocycles. The van der Waals surface area contributed by atoms with Crippen molar-refractivity contribution in [1.29, 1.82) is 0 Å². The van der Waals surface area contributed by atoms with Crippen LogP contribution in [0.25, 0.3) is 10.9 Å². The van der Waals surface area contributed by atoms with Crippen LogP contribution < -0.4 is 20.1 Å². The molecule has 1 aliphatic carbocycles. The molecule has 3 aromatic rings. The zero-order valence-corrected chi connectivity index (χ0v) is 19.0. The smallest absolute Gasteiger partial charge is 0.166 e. The number of rotatable bonds is 6. The van der Waals surface area contributed by atoms with E-state index in [1.54, 1.807) is 0 Å². The van der Waals surface area contributed by atoms with Crippen LogP contribution in [0.4, 0.5) is 15.9 Å². The van der Waals surface area contributed by atoms with E-state index in [1.165, 1.54) is 24.9 Å². The minimum Gasteiger partial charge on any atom is -0.486 e. The number of piperidine rings is 2. The predicted octanol–water partition coefficient (Wildman–Crippen LogP) is 4.58. The number of nitrogens with zero attached hydrogens (tertiary/aromatic N) is 2. The molecule has 2 bridgehead atoms. The van der Waals surface area contributed by atoms with Crippen LogP contribution in [-0.2, 0) is 4.74 Å². The van der Waals surface area contributed by atoms with Gasteiger partial charge in [-0.05, 0) is 24.6 Å². The monoisotopic (exact) mass is 490 g/mol. The first-order valence-corrected chi connectivity index (χ1v) is 11.6. The lowest BCUT2D eigenvalue weighted by atomic mass is 9.69. The maximum absolute atomic E-state index is 14.7. The molecule has 3 aliphatic rings. The normalized spacial score (nSPS) is 24.2. The van der Waals surface area contributed by atoms with Crippen molar-refractivity contribution in [1.82, 2.24) is 15.3 Å². The van der Waals surface area contributed by atoms with Gasteiger partial charge in [0.05, 0.1) is 34.5 Å². The molecular weight excluding hydrogens is 470 g/mol. The highest BCUT2D eigenvalue weighted by Crippen LogP contribution is 2.43. The Hall–Kier alpha value is -2.39. The fourth-order valence-electron chi connectivity index (χ4n) is 4.60. The summed E-state index contributed by atoms with van der Waals surface area (Å²) in [7, 11) is 0. The Morgan fingerprint density at radius 1 is 1.06 bits per heavy atom. The number of ether oxygens (including phenoxy) is 3. The first-order valence-electron chi connectivity index (χ1n) is 10.9. The third-order valence-electron chi connectivity index (χ3n) is 6.50. The van der Waals surface area contributed by atoms with Crippen LogP contribution in [0.1, 0.15) is 6.42 Å². The number of benzene rings is 2. The Labute approximate surface area is 199 Å². The molecule has 2 aromatic carbocycles. The molecule has 3 fully saturated rings. The number of aromatic nitrogens is 2.